The van der Waals surface area contributed by atoms with E-state index in [0.717, 1.165) is 16.8 Å². The maximum Gasteiger partial charge on any atom is 0.0360 e. The summed E-state index contributed by atoms with van der Waals surface area (Å²) in [5.41, 5.74) is 8.46. The van der Waals surface area contributed by atoms with Gasteiger partial charge in [-0.25, -0.2) is 0 Å². The molecule has 0 aliphatic carbocycles. The highest BCUT2D eigenvalue weighted by Gasteiger charge is 1.98. The molecule has 1 rings (SSSR count). The number of rotatable bonds is 4. The number of nitrogens with two attached hydrogens (primary N) is 1. The minimum absolute atomic E-state index is 0.868. The maximum absolute atomic E-state index is 5.53. The van der Waals surface area contributed by atoms with Crippen LogP contribution >= 0.6 is 0 Å². The zero-order chi connectivity index (χ0) is 11.1. The van der Waals surface area contributed by atoms with Crippen molar-refractivity contribution in [3.63, 3.8) is 0 Å². The van der Waals surface area contributed by atoms with Gasteiger partial charge in [0.05, 0.1) is 0 Å². The Morgan fingerprint density at radius 3 is 2.93 bits per heavy atom. The van der Waals surface area contributed by atoms with Crippen LogP contribution in [-0.2, 0) is 0 Å². The van der Waals surface area contributed by atoms with Gasteiger partial charge in [-0.15, -0.1) is 0 Å². The average Bonchev–Trinajstić information content (AvgIpc) is 2.30. The summed E-state index contributed by atoms with van der Waals surface area (Å²) in [7, 11) is 1.88. The lowest BCUT2D eigenvalue weighted by Crippen LogP contribution is -1.93. The number of hydrogen-bond donors (Lipinski definition) is 2. The van der Waals surface area contributed by atoms with Gasteiger partial charge < -0.3 is 11.1 Å². The van der Waals surface area contributed by atoms with Crippen molar-refractivity contribution < 1.29 is 0 Å². The van der Waals surface area contributed by atoms with Crippen molar-refractivity contribution in [1.29, 1.82) is 0 Å². The van der Waals surface area contributed by atoms with Gasteiger partial charge in [0, 0.05) is 36.9 Å². The van der Waals surface area contributed by atoms with Gasteiger partial charge in [-0.3, -0.25) is 4.99 Å². The molecule has 1 aromatic carbocycles. The van der Waals surface area contributed by atoms with Crippen LogP contribution in [0.25, 0.3) is 5.57 Å². The first-order valence-electron chi connectivity index (χ1n) is 4.66. The third-order valence-corrected chi connectivity index (χ3v) is 1.98. The lowest BCUT2D eigenvalue weighted by Gasteiger charge is -2.04. The van der Waals surface area contributed by atoms with Crippen LogP contribution in [0.5, 0.6) is 0 Å². The SMILES string of the molecule is C=C/N=C\C(=C/N)c1cccc(NC)c1. The van der Waals surface area contributed by atoms with Gasteiger partial charge in [0.1, 0.15) is 0 Å². The molecule has 0 aliphatic heterocycles. The summed E-state index contributed by atoms with van der Waals surface area (Å²) in [6, 6.07) is 7.94. The highest BCUT2D eigenvalue weighted by atomic mass is 14.8. The number of benzene rings is 1. The fourth-order valence-corrected chi connectivity index (χ4v) is 1.20. The molecule has 15 heavy (non-hydrogen) atoms. The maximum atomic E-state index is 5.53. The Morgan fingerprint density at radius 2 is 2.33 bits per heavy atom. The standard InChI is InChI=1S/C12H15N3/c1-3-15-9-11(8-13)10-5-4-6-12(7-10)14-2/h3-9,14H,1,13H2,2H3/b11-8+,15-9-. The Balaban J connectivity index is 3.02. The average molecular weight is 201 g/mol. The smallest absolute Gasteiger partial charge is 0.0360 e. The van der Waals surface area contributed by atoms with Crippen LogP contribution < -0.4 is 11.1 Å². The first-order valence-corrected chi connectivity index (χ1v) is 4.66. The number of nitrogens with one attached hydrogen (secondary N) is 1. The minimum atomic E-state index is 0.868. The monoisotopic (exact) mass is 201 g/mol. The second-order valence-corrected chi connectivity index (χ2v) is 2.91. The van der Waals surface area contributed by atoms with Crippen LogP contribution in [0, 0.1) is 0 Å². The van der Waals surface area contributed by atoms with Crippen LogP contribution in [0.15, 0.2) is 48.2 Å². The molecule has 3 nitrogen and oxygen atoms in total. The highest BCUT2D eigenvalue weighted by Crippen LogP contribution is 2.16. The predicted molar refractivity (Wildman–Crippen MR) is 66.8 cm³/mol. The lowest BCUT2D eigenvalue weighted by molar-refractivity contribution is 1.49. The fraction of sp³-hybridized carbons (Fsp3) is 0.0833. The Kier molecular flexibility index (Phi) is 4.16. The third-order valence-electron chi connectivity index (χ3n) is 1.98. The predicted octanol–water partition coefficient (Wildman–Crippen LogP) is 2.24. The van der Waals surface area contributed by atoms with E-state index in [1.54, 1.807) is 6.21 Å². The summed E-state index contributed by atoms with van der Waals surface area (Å²) in [5, 5.41) is 3.07. The van der Waals surface area contributed by atoms with Gasteiger partial charge in [0.2, 0.25) is 0 Å². The second-order valence-electron chi connectivity index (χ2n) is 2.91. The van der Waals surface area contributed by atoms with Crippen molar-refractivity contribution in [2.45, 2.75) is 0 Å². The first-order chi connectivity index (χ1) is 7.31. The number of anilines is 1. The zero-order valence-corrected chi connectivity index (χ0v) is 8.77. The molecule has 0 fully saturated rings. The van der Waals surface area contributed by atoms with Crippen molar-refractivity contribution in [3.8, 4) is 0 Å². The summed E-state index contributed by atoms with van der Waals surface area (Å²) >= 11 is 0. The number of nitrogens with zero attached hydrogens (tertiary/aromatic N) is 1. The summed E-state index contributed by atoms with van der Waals surface area (Å²) in [4.78, 5) is 3.95. The molecule has 0 atom stereocenters. The van der Waals surface area contributed by atoms with E-state index in [1.165, 1.54) is 12.4 Å². The van der Waals surface area contributed by atoms with E-state index in [1.807, 2.05) is 31.3 Å². The lowest BCUT2D eigenvalue weighted by atomic mass is 10.1. The van der Waals surface area contributed by atoms with Crippen molar-refractivity contribution in [1.82, 2.24) is 0 Å². The normalized spacial score (nSPS) is 11.7. The molecular formula is C12H15N3. The highest BCUT2D eigenvalue weighted by molar-refractivity contribution is 6.10. The van der Waals surface area contributed by atoms with E-state index in [-0.39, 0.29) is 0 Å². The zero-order valence-electron chi connectivity index (χ0n) is 8.77. The molecular weight excluding hydrogens is 186 g/mol. The molecule has 0 saturated heterocycles. The van der Waals surface area contributed by atoms with Crippen LogP contribution in [0.2, 0.25) is 0 Å². The molecule has 0 saturated carbocycles. The van der Waals surface area contributed by atoms with Gasteiger partial charge >= 0.3 is 0 Å². The fourth-order valence-electron chi connectivity index (χ4n) is 1.20. The molecule has 0 bridgehead atoms. The summed E-state index contributed by atoms with van der Waals surface area (Å²) in [6.45, 7) is 3.52. The topological polar surface area (TPSA) is 50.4 Å². The van der Waals surface area contributed by atoms with Crippen LogP contribution in [0.3, 0.4) is 0 Å². The van der Waals surface area contributed by atoms with Gasteiger partial charge in [0.15, 0.2) is 0 Å². The molecule has 0 aromatic heterocycles. The van der Waals surface area contributed by atoms with E-state index in [0.29, 0.717) is 0 Å². The molecule has 0 unspecified atom stereocenters. The van der Waals surface area contributed by atoms with E-state index >= 15 is 0 Å². The quantitative estimate of drug-likeness (QED) is 0.734. The molecule has 0 radical (unpaired) electrons. The Bertz CT molecular complexity index is 392. The Labute approximate surface area is 90.0 Å². The molecule has 3 N–H and O–H groups in total. The van der Waals surface area contributed by atoms with Gasteiger partial charge in [-0.05, 0) is 17.7 Å². The molecule has 0 amide bonds. The van der Waals surface area contributed by atoms with E-state index < -0.39 is 0 Å². The van der Waals surface area contributed by atoms with Crippen LogP contribution in [0.1, 0.15) is 5.56 Å². The summed E-state index contributed by atoms with van der Waals surface area (Å²) in [6.07, 6.45) is 4.69. The van der Waals surface area contributed by atoms with Crippen LogP contribution in [-0.4, -0.2) is 13.3 Å². The molecule has 78 valence electrons. The van der Waals surface area contributed by atoms with E-state index in [2.05, 4.69) is 16.9 Å². The molecule has 0 aliphatic rings. The molecule has 0 spiro atoms. The summed E-state index contributed by atoms with van der Waals surface area (Å²) in [5.74, 6) is 0. The molecule has 1 aromatic rings. The van der Waals surface area contributed by atoms with E-state index in [9.17, 15) is 0 Å². The minimum Gasteiger partial charge on any atom is -0.404 e. The Morgan fingerprint density at radius 1 is 1.53 bits per heavy atom. The summed E-state index contributed by atoms with van der Waals surface area (Å²) < 4.78 is 0. The second kappa shape index (κ2) is 5.65. The molecule has 3 heteroatoms. The van der Waals surface area contributed by atoms with Gasteiger partial charge in [0.25, 0.3) is 0 Å². The number of allylic oxidation sites excluding steroid dienone is 1. The van der Waals surface area contributed by atoms with Crippen molar-refractivity contribution in [2.75, 3.05) is 12.4 Å². The third kappa shape index (κ3) is 2.98. The Hall–Kier alpha value is -2.03. The number of aliphatic imine (C=N–C) groups is 1. The van der Waals surface area contributed by atoms with Gasteiger partial charge in [-0.1, -0.05) is 18.7 Å². The largest absolute Gasteiger partial charge is 0.404 e. The van der Waals surface area contributed by atoms with Crippen molar-refractivity contribution >= 4 is 17.5 Å². The van der Waals surface area contributed by atoms with Crippen molar-refractivity contribution in [2.24, 2.45) is 10.7 Å². The van der Waals surface area contributed by atoms with Crippen molar-refractivity contribution in [3.05, 3.63) is 48.8 Å². The molecule has 0 heterocycles. The van der Waals surface area contributed by atoms with E-state index in [4.69, 9.17) is 5.73 Å². The first kappa shape index (κ1) is 11.0. The van der Waals surface area contributed by atoms with Crippen LogP contribution in [0.4, 0.5) is 5.69 Å². The van der Waals surface area contributed by atoms with Gasteiger partial charge in [-0.2, -0.15) is 0 Å². The number of hydrogen-bond acceptors (Lipinski definition) is 3.